The fourth-order valence-corrected chi connectivity index (χ4v) is 13.9. The number of hydrogen-bond donors (Lipinski definition) is 15. The molecule has 0 saturated carbocycles. The van der Waals surface area contributed by atoms with Crippen LogP contribution in [0.1, 0.15) is 195 Å². The molecule has 15 N–H and O–H groups in total. The number of cyclic esters (lactones) is 1. The third kappa shape index (κ3) is 32.7. The number of aliphatic hydroxyl groups is 10. The van der Waals surface area contributed by atoms with Gasteiger partial charge in [-0.3, -0.25) is 28.8 Å². The number of methoxy groups -OCH3 is 1. The highest BCUT2D eigenvalue weighted by molar-refractivity contribution is 5.95. The normalized spacial score (nSPS) is 27.5. The summed E-state index contributed by atoms with van der Waals surface area (Å²) in [7, 11) is 1.18. The number of aliphatic hydroxyl groups excluding tert-OH is 10. The van der Waals surface area contributed by atoms with Crippen LogP contribution in [-0.2, 0) is 62.1 Å². The lowest BCUT2D eigenvalue weighted by Gasteiger charge is -2.38. The third-order valence-corrected chi connectivity index (χ3v) is 21.4. The van der Waals surface area contributed by atoms with Gasteiger partial charge in [-0.25, -0.2) is 14.4 Å². The lowest BCUT2D eigenvalue weighted by molar-refractivity contribution is -0.175. The number of aliphatic carboxylic acids is 2. The number of amides is 3. The molecule has 0 radical (unpaired) electrons. The Hall–Kier alpha value is -7.09. The largest absolute Gasteiger partial charge is 0.479 e. The number of Topliss-reactive ketones (excluding diaryl/α,β-unsaturated/α-hetero) is 1. The molecular formula is C83H133N3O25. The molecule has 111 heavy (non-hydrogen) atoms. The van der Waals surface area contributed by atoms with Crippen molar-refractivity contribution in [2.24, 2.45) is 64.1 Å². The van der Waals surface area contributed by atoms with E-state index in [-0.39, 0.29) is 43.0 Å². The number of allylic oxidation sites excluding steroid dienone is 7. The van der Waals surface area contributed by atoms with Crippen molar-refractivity contribution in [1.29, 1.82) is 0 Å². The maximum atomic E-state index is 14.6. The van der Waals surface area contributed by atoms with Crippen LogP contribution in [-0.4, -0.2) is 225 Å². The molecule has 0 aliphatic carbocycles. The number of esters is 3. The topological polar surface area (TPSA) is 469 Å². The quantitative estimate of drug-likeness (QED) is 0.0169. The SMILES string of the molecule is COC(=O)C(C)(C)C(O)C(C)C(=O)C(C)(C)C=CC(=O)NC(CC(C)C)C(O)C(C)C=C(C)C(O)C(C)CCC(O)C(C)C(=O)NC(C(C)O)C1OC(=O)C(C(O)C(=O)O)NC(=O)C=CC=CCCC=CC=CCC2CC(C)CC(CC(O)C(C)C(O)C(C)=CC(C)C(O)C(C)=CCC(OC(=O)CC(O)C(=O)O)C1C)O2. The number of fused-ring (bicyclic) bond motifs is 2. The fraction of sp³-hybridized carbons (Fsp3) is 0.699. The van der Waals surface area contributed by atoms with Crippen LogP contribution in [0.2, 0.25) is 0 Å². The maximum Gasteiger partial charge on any atom is 0.335 e. The molecule has 1 fully saturated rings. The van der Waals surface area contributed by atoms with Gasteiger partial charge < -0.3 is 96.2 Å². The minimum Gasteiger partial charge on any atom is -0.479 e. The fourth-order valence-electron chi connectivity index (χ4n) is 13.9. The second kappa shape index (κ2) is 47.6. The molecular weight excluding hydrogens is 1440 g/mol. The monoisotopic (exact) mass is 1570 g/mol. The molecule has 0 aromatic heterocycles. The zero-order valence-corrected chi connectivity index (χ0v) is 68.5. The first-order valence-corrected chi connectivity index (χ1v) is 38.8. The summed E-state index contributed by atoms with van der Waals surface area (Å²) in [4.78, 5) is 120. The van der Waals surface area contributed by atoms with Crippen LogP contribution in [0.3, 0.4) is 0 Å². The minimum atomic E-state index is -2.70. The van der Waals surface area contributed by atoms with Gasteiger partial charge in [-0.1, -0.05) is 136 Å². The van der Waals surface area contributed by atoms with Crippen molar-refractivity contribution in [3.8, 4) is 0 Å². The van der Waals surface area contributed by atoms with E-state index in [1.165, 1.54) is 79.0 Å². The van der Waals surface area contributed by atoms with Gasteiger partial charge in [0.05, 0.1) is 98.0 Å². The Morgan fingerprint density at radius 2 is 1.32 bits per heavy atom. The predicted octanol–water partition coefficient (Wildman–Crippen LogP) is 6.29. The van der Waals surface area contributed by atoms with Crippen molar-refractivity contribution in [3.05, 3.63) is 95.7 Å². The molecule has 2 rings (SSSR count). The molecule has 25 unspecified atom stereocenters. The van der Waals surface area contributed by atoms with E-state index in [2.05, 4.69) is 22.9 Å². The van der Waals surface area contributed by atoms with Crippen LogP contribution in [0.4, 0.5) is 0 Å². The molecule has 630 valence electrons. The number of rotatable bonds is 29. The van der Waals surface area contributed by atoms with E-state index in [9.17, 15) is 104 Å². The van der Waals surface area contributed by atoms with E-state index in [4.69, 9.17) is 18.9 Å². The zero-order valence-electron chi connectivity index (χ0n) is 68.5. The summed E-state index contributed by atoms with van der Waals surface area (Å²) in [5.41, 5.74) is -1.61. The van der Waals surface area contributed by atoms with Crippen molar-refractivity contribution in [1.82, 2.24) is 16.0 Å². The maximum absolute atomic E-state index is 14.6. The Morgan fingerprint density at radius 3 is 1.90 bits per heavy atom. The molecule has 0 aromatic rings. The number of carbonyl (C=O) groups is 9. The summed E-state index contributed by atoms with van der Waals surface area (Å²) in [5, 5.41) is 141. The standard InChI is InChI=1S/C83H133N3O25/c1-44(2)37-59(84-65(92)35-36-82(15,16)75(99)55(13)76(100)83(17,18)81(107)108-19)72(97)51(9)41-49(7)69(94)46(4)31-33-60(88)53(11)77(101)86-67(56(14)87)74-54(12)63(110-66(93)43-62(90)78(102)103)34-32-47(5)70(95)48(6)40-50(8)71(96)52(10)61(89)42-58-39-45(3)38-57(109-58)29-27-25-23-21-20-22-24-26-28-30-64(91)85-68(80(106)111-74)73(98)79(104)105/h21,23-28,30,32,35-36,40-41,44-46,48,51-63,67-74,76,87-90,94-98,100H,20,22,29,31,33-34,37-39,42-43H2,1-19H3,(H,84,92)(H,85,91)(H,86,101)(H,102,103)(H,104,105). The molecule has 2 bridgehead atoms. The van der Waals surface area contributed by atoms with E-state index in [1.807, 2.05) is 38.2 Å². The molecule has 2 aliphatic rings. The number of carboxylic acid groups (broad SMARTS) is 2. The van der Waals surface area contributed by atoms with E-state index in [0.717, 1.165) is 25.8 Å². The van der Waals surface area contributed by atoms with Crippen LogP contribution in [0.15, 0.2) is 95.7 Å². The Kier molecular flexibility index (Phi) is 42.8. The highest BCUT2D eigenvalue weighted by atomic mass is 16.6. The van der Waals surface area contributed by atoms with Crippen LogP contribution in [0.5, 0.6) is 0 Å². The average molecular weight is 1570 g/mol. The lowest BCUT2D eigenvalue weighted by Crippen LogP contribution is -2.59. The molecule has 28 nitrogen and oxygen atoms in total. The van der Waals surface area contributed by atoms with E-state index in [1.54, 1.807) is 73.6 Å². The van der Waals surface area contributed by atoms with E-state index in [0.29, 0.717) is 42.7 Å². The molecule has 0 aromatic carbocycles. The van der Waals surface area contributed by atoms with Crippen molar-refractivity contribution in [2.75, 3.05) is 7.11 Å². The van der Waals surface area contributed by atoms with Crippen molar-refractivity contribution in [3.63, 3.8) is 0 Å². The molecule has 25 atom stereocenters. The van der Waals surface area contributed by atoms with Gasteiger partial charge in [-0.15, -0.1) is 0 Å². The Morgan fingerprint density at radius 1 is 0.730 bits per heavy atom. The van der Waals surface area contributed by atoms with Gasteiger partial charge in [0.15, 0.2) is 18.2 Å². The molecule has 28 heteroatoms. The first kappa shape index (κ1) is 100.0. The second-order valence-corrected chi connectivity index (χ2v) is 32.5. The van der Waals surface area contributed by atoms with Crippen molar-refractivity contribution in [2.45, 2.75) is 299 Å². The van der Waals surface area contributed by atoms with Gasteiger partial charge >= 0.3 is 29.8 Å². The first-order chi connectivity index (χ1) is 51.5. The number of nitrogens with one attached hydrogen (secondary N) is 3. The molecule has 0 spiro atoms. The summed E-state index contributed by atoms with van der Waals surface area (Å²) >= 11 is 0. The summed E-state index contributed by atoms with van der Waals surface area (Å²) in [6, 6.07) is -5.05. The average Bonchev–Trinajstić information content (AvgIpc) is 0.806. The number of hydrogen-bond acceptors (Lipinski definition) is 23. The molecule has 2 heterocycles. The number of ketones is 1. The zero-order chi connectivity index (χ0) is 84.9. The molecule has 2 aliphatic heterocycles. The predicted molar refractivity (Wildman–Crippen MR) is 416 cm³/mol. The minimum absolute atomic E-state index is 0.0209. The van der Waals surface area contributed by atoms with Crippen LogP contribution in [0, 0.1) is 64.1 Å². The van der Waals surface area contributed by atoms with Gasteiger partial charge in [0.25, 0.3) is 0 Å². The Labute approximate surface area is 655 Å². The molecule has 1 saturated heterocycles. The number of ether oxygens (including phenoxy) is 4. The summed E-state index contributed by atoms with van der Waals surface area (Å²) in [5.74, 6) is -16.9. The number of carbonyl (C=O) groups excluding carboxylic acids is 7. The van der Waals surface area contributed by atoms with Gasteiger partial charge in [0, 0.05) is 47.5 Å². The molecule has 3 amide bonds. The lowest BCUT2D eigenvalue weighted by atomic mass is 9.72. The van der Waals surface area contributed by atoms with Crippen LogP contribution >= 0.6 is 0 Å². The second-order valence-electron chi connectivity index (χ2n) is 32.5. The Bertz CT molecular complexity index is 3280. The van der Waals surface area contributed by atoms with Gasteiger partial charge in [-0.05, 0) is 154 Å². The summed E-state index contributed by atoms with van der Waals surface area (Å²) < 4.78 is 23.1. The van der Waals surface area contributed by atoms with E-state index >= 15 is 0 Å². The third-order valence-electron chi connectivity index (χ3n) is 21.4. The van der Waals surface area contributed by atoms with Gasteiger partial charge in [0.2, 0.25) is 17.7 Å². The van der Waals surface area contributed by atoms with Gasteiger partial charge in [0.1, 0.15) is 18.0 Å². The van der Waals surface area contributed by atoms with E-state index < -0.39 is 210 Å². The Balaban J connectivity index is 2.67. The van der Waals surface area contributed by atoms with Crippen molar-refractivity contribution >= 4 is 53.4 Å². The smallest absolute Gasteiger partial charge is 0.335 e. The highest BCUT2D eigenvalue weighted by Crippen LogP contribution is 2.36. The van der Waals surface area contributed by atoms with Crippen LogP contribution in [0.25, 0.3) is 0 Å². The highest BCUT2D eigenvalue weighted by Gasteiger charge is 2.47. The summed E-state index contributed by atoms with van der Waals surface area (Å²) in [6.07, 6.45) is 3.28. The first-order valence-electron chi connectivity index (χ1n) is 38.8. The number of carboxylic acids is 2. The van der Waals surface area contributed by atoms with Gasteiger partial charge in [-0.2, -0.15) is 0 Å². The van der Waals surface area contributed by atoms with Crippen molar-refractivity contribution < 1.29 is 123 Å². The summed E-state index contributed by atoms with van der Waals surface area (Å²) in [6.45, 7) is 28.8. The van der Waals surface area contributed by atoms with Crippen LogP contribution < -0.4 is 16.0 Å².